The molecule has 4 rings (SSSR count). The first-order valence-corrected chi connectivity index (χ1v) is 9.11. The summed E-state index contributed by atoms with van der Waals surface area (Å²) in [5, 5.41) is 5.91. The van der Waals surface area contributed by atoms with E-state index in [1.54, 1.807) is 11.3 Å². The van der Waals surface area contributed by atoms with E-state index in [2.05, 4.69) is 41.9 Å². The summed E-state index contributed by atoms with van der Waals surface area (Å²) in [6.45, 7) is 2.08. The highest BCUT2D eigenvalue weighted by atomic mass is 35.5. The van der Waals surface area contributed by atoms with Crippen LogP contribution in [0.25, 0.3) is 11.1 Å². The fourth-order valence-corrected chi connectivity index (χ4v) is 4.42. The number of nitrogens with one attached hydrogen (secondary N) is 1. The van der Waals surface area contributed by atoms with Gasteiger partial charge in [0.05, 0.1) is 5.69 Å². The maximum atomic E-state index is 12.3. The van der Waals surface area contributed by atoms with Gasteiger partial charge in [-0.2, -0.15) is 0 Å². The molecule has 1 aromatic heterocycles. The van der Waals surface area contributed by atoms with Crippen LogP contribution >= 0.6 is 22.9 Å². The van der Waals surface area contributed by atoms with Gasteiger partial charge >= 0.3 is 0 Å². The monoisotopic (exact) mass is 353 g/mol. The largest absolute Gasteiger partial charge is 0.325 e. The van der Waals surface area contributed by atoms with Crippen molar-refractivity contribution >= 4 is 34.5 Å². The topological polar surface area (TPSA) is 29.1 Å². The Morgan fingerprint density at radius 2 is 1.79 bits per heavy atom. The van der Waals surface area contributed by atoms with Gasteiger partial charge in [-0.1, -0.05) is 53.6 Å². The van der Waals surface area contributed by atoms with Crippen LogP contribution in [-0.4, -0.2) is 5.91 Å². The third-order valence-corrected chi connectivity index (χ3v) is 5.77. The molecule has 0 aliphatic carbocycles. The lowest BCUT2D eigenvalue weighted by molar-refractivity contribution is -0.116. The number of thiophene rings is 1. The van der Waals surface area contributed by atoms with Crippen LogP contribution in [0.5, 0.6) is 0 Å². The van der Waals surface area contributed by atoms with Gasteiger partial charge in [0, 0.05) is 33.2 Å². The molecular formula is C20H16ClNOS. The van der Waals surface area contributed by atoms with E-state index in [-0.39, 0.29) is 11.8 Å². The highest BCUT2D eigenvalue weighted by Crippen LogP contribution is 2.46. The van der Waals surface area contributed by atoms with E-state index in [9.17, 15) is 4.79 Å². The van der Waals surface area contributed by atoms with Crippen LogP contribution in [0.3, 0.4) is 0 Å². The number of amides is 1. The zero-order chi connectivity index (χ0) is 16.7. The molecule has 1 aliphatic heterocycles. The second-order valence-electron chi connectivity index (χ2n) is 6.11. The van der Waals surface area contributed by atoms with Crippen molar-refractivity contribution in [1.29, 1.82) is 0 Å². The normalized spacial score (nSPS) is 16.6. The van der Waals surface area contributed by atoms with Crippen LogP contribution in [0.2, 0.25) is 5.02 Å². The number of halogens is 1. The summed E-state index contributed by atoms with van der Waals surface area (Å²) in [6.07, 6.45) is 0.497. The minimum atomic E-state index is 0.0710. The van der Waals surface area contributed by atoms with Crippen LogP contribution in [0, 0.1) is 6.92 Å². The minimum absolute atomic E-state index is 0.0710. The molecule has 3 aromatic rings. The lowest BCUT2D eigenvalue weighted by Crippen LogP contribution is -2.22. The van der Waals surface area contributed by atoms with Gasteiger partial charge in [-0.3, -0.25) is 4.79 Å². The van der Waals surface area contributed by atoms with Crippen molar-refractivity contribution in [1.82, 2.24) is 0 Å². The first-order valence-electron chi connectivity index (χ1n) is 7.85. The van der Waals surface area contributed by atoms with E-state index in [1.165, 1.54) is 16.0 Å². The summed E-state index contributed by atoms with van der Waals surface area (Å²) < 4.78 is 0. The number of hydrogen-bond donors (Lipinski definition) is 1. The molecule has 1 aliphatic rings. The Labute approximate surface area is 150 Å². The number of carbonyl (C=O) groups excluding carboxylic acids is 1. The van der Waals surface area contributed by atoms with Gasteiger partial charge in [-0.15, -0.1) is 11.3 Å². The molecule has 4 heteroatoms. The summed E-state index contributed by atoms with van der Waals surface area (Å²) in [7, 11) is 0. The molecule has 1 atom stereocenters. The Morgan fingerprint density at radius 1 is 1.08 bits per heavy atom. The van der Waals surface area contributed by atoms with Crippen molar-refractivity contribution in [2.24, 2.45) is 0 Å². The molecular weight excluding hydrogens is 338 g/mol. The summed E-state index contributed by atoms with van der Waals surface area (Å²) in [4.78, 5) is 13.5. The SMILES string of the molecule is Cc1ccc(C2CC(=O)Nc3c(-c4ccc(Cl)cc4)csc32)cc1. The Bertz CT molecular complexity index is 896. The molecule has 0 fully saturated rings. The van der Waals surface area contributed by atoms with Crippen molar-refractivity contribution in [3.8, 4) is 11.1 Å². The molecule has 0 saturated carbocycles. The van der Waals surface area contributed by atoms with Crippen LogP contribution in [0.4, 0.5) is 5.69 Å². The Kier molecular flexibility index (Phi) is 3.91. The molecule has 2 aromatic carbocycles. The van der Waals surface area contributed by atoms with Gasteiger partial charge in [-0.05, 0) is 30.2 Å². The zero-order valence-corrected chi connectivity index (χ0v) is 14.7. The lowest BCUT2D eigenvalue weighted by Gasteiger charge is -2.24. The van der Waals surface area contributed by atoms with Crippen molar-refractivity contribution in [2.75, 3.05) is 5.32 Å². The smallest absolute Gasteiger partial charge is 0.225 e. The van der Waals surface area contributed by atoms with Gasteiger partial charge in [-0.25, -0.2) is 0 Å². The standard InChI is InChI=1S/C20H16ClNOS/c1-12-2-4-13(5-3-12)16-10-18(23)22-19-17(11-24-20(16)19)14-6-8-15(21)9-7-14/h2-9,11,16H,10H2,1H3,(H,22,23). The van der Waals surface area contributed by atoms with Gasteiger partial charge < -0.3 is 5.32 Å². The van der Waals surface area contributed by atoms with Crippen LogP contribution < -0.4 is 5.32 Å². The first kappa shape index (κ1) is 15.4. The molecule has 0 saturated heterocycles. The number of rotatable bonds is 2. The van der Waals surface area contributed by atoms with E-state index in [0.717, 1.165) is 16.8 Å². The molecule has 1 N–H and O–H groups in total. The maximum absolute atomic E-state index is 12.3. The molecule has 0 spiro atoms. The summed E-state index contributed by atoms with van der Waals surface area (Å²) in [5.41, 5.74) is 5.51. The predicted molar refractivity (Wildman–Crippen MR) is 101 cm³/mol. The van der Waals surface area contributed by atoms with E-state index in [1.807, 2.05) is 24.3 Å². The van der Waals surface area contributed by atoms with Gasteiger partial charge in [0.15, 0.2) is 0 Å². The molecule has 1 unspecified atom stereocenters. The van der Waals surface area contributed by atoms with Gasteiger partial charge in [0.1, 0.15) is 0 Å². The first-order chi connectivity index (χ1) is 11.6. The summed E-state index contributed by atoms with van der Waals surface area (Å²) in [6, 6.07) is 16.2. The Balaban J connectivity index is 1.80. The highest BCUT2D eigenvalue weighted by molar-refractivity contribution is 7.11. The molecule has 0 radical (unpaired) electrons. The average Bonchev–Trinajstić information content (AvgIpc) is 2.99. The quantitative estimate of drug-likeness (QED) is 0.615. The van der Waals surface area contributed by atoms with Crippen LogP contribution in [0.1, 0.15) is 28.3 Å². The highest BCUT2D eigenvalue weighted by Gasteiger charge is 2.30. The molecule has 1 amide bonds. The van der Waals surface area contributed by atoms with Gasteiger partial charge in [0.2, 0.25) is 5.91 Å². The number of benzene rings is 2. The maximum Gasteiger partial charge on any atom is 0.225 e. The molecule has 2 nitrogen and oxygen atoms in total. The van der Waals surface area contributed by atoms with E-state index >= 15 is 0 Å². The van der Waals surface area contributed by atoms with Gasteiger partial charge in [0.25, 0.3) is 0 Å². The van der Waals surface area contributed by atoms with E-state index in [0.29, 0.717) is 11.4 Å². The predicted octanol–water partition coefficient (Wildman–Crippen LogP) is 5.85. The molecule has 120 valence electrons. The number of aryl methyl sites for hydroxylation is 1. The number of hydrogen-bond acceptors (Lipinski definition) is 2. The third-order valence-electron chi connectivity index (χ3n) is 4.42. The fraction of sp³-hybridized carbons (Fsp3) is 0.150. The van der Waals surface area contributed by atoms with E-state index < -0.39 is 0 Å². The Morgan fingerprint density at radius 3 is 2.50 bits per heavy atom. The fourth-order valence-electron chi connectivity index (χ4n) is 3.14. The zero-order valence-electron chi connectivity index (χ0n) is 13.2. The molecule has 0 bridgehead atoms. The average molecular weight is 354 g/mol. The Hall–Kier alpha value is -2.10. The van der Waals surface area contributed by atoms with Crippen LogP contribution in [0.15, 0.2) is 53.9 Å². The minimum Gasteiger partial charge on any atom is -0.325 e. The molecule has 2 heterocycles. The second-order valence-corrected chi connectivity index (χ2v) is 7.46. The lowest BCUT2D eigenvalue weighted by atomic mass is 9.89. The van der Waals surface area contributed by atoms with E-state index in [4.69, 9.17) is 11.6 Å². The summed E-state index contributed by atoms with van der Waals surface area (Å²) >= 11 is 7.70. The molecule has 24 heavy (non-hydrogen) atoms. The number of carbonyl (C=O) groups is 1. The van der Waals surface area contributed by atoms with Crippen LogP contribution in [-0.2, 0) is 4.79 Å². The number of fused-ring (bicyclic) bond motifs is 1. The van der Waals surface area contributed by atoms with Crippen molar-refractivity contribution in [2.45, 2.75) is 19.3 Å². The van der Waals surface area contributed by atoms with Crippen molar-refractivity contribution in [3.05, 3.63) is 74.9 Å². The van der Waals surface area contributed by atoms with Crippen molar-refractivity contribution in [3.63, 3.8) is 0 Å². The van der Waals surface area contributed by atoms with Crippen molar-refractivity contribution < 1.29 is 4.79 Å². The number of anilines is 1. The second kappa shape index (κ2) is 6.08. The summed E-state index contributed by atoms with van der Waals surface area (Å²) in [5.74, 6) is 0.196. The third kappa shape index (κ3) is 2.74.